The van der Waals surface area contributed by atoms with Gasteiger partial charge in [0.15, 0.2) is 0 Å². The minimum atomic E-state index is 0.319. The molecule has 5 heteroatoms. The van der Waals surface area contributed by atoms with Crippen LogP contribution in [0.25, 0.3) is 0 Å². The molecule has 0 unspecified atom stereocenters. The molecule has 1 heterocycles. The maximum absolute atomic E-state index is 5.29. The van der Waals surface area contributed by atoms with Gasteiger partial charge in [-0.25, -0.2) is 0 Å². The Bertz CT molecular complexity index is 231. The van der Waals surface area contributed by atoms with E-state index in [0.29, 0.717) is 10.7 Å². The third-order valence-corrected chi connectivity index (χ3v) is 1.64. The monoisotopic (exact) mass is 205 g/mol. The Kier molecular flexibility index (Phi) is 1.82. The number of hydrogen-bond donors (Lipinski definition) is 2. The Labute approximate surface area is 65.8 Å². The van der Waals surface area contributed by atoms with Crippen LogP contribution in [0.15, 0.2) is 10.7 Å². The van der Waals surface area contributed by atoms with Crippen LogP contribution in [0.2, 0.25) is 0 Å². The van der Waals surface area contributed by atoms with E-state index in [1.807, 2.05) is 0 Å². The first-order chi connectivity index (χ1) is 4.22. The summed E-state index contributed by atoms with van der Waals surface area (Å²) in [6, 6.07) is 0. The van der Waals surface area contributed by atoms with E-state index < -0.39 is 0 Å². The minimum Gasteiger partial charge on any atom is -0.388 e. The van der Waals surface area contributed by atoms with Crippen molar-refractivity contribution in [2.45, 2.75) is 0 Å². The zero-order valence-corrected chi connectivity index (χ0v) is 6.79. The van der Waals surface area contributed by atoms with Crippen molar-refractivity contribution in [3.8, 4) is 0 Å². The highest BCUT2D eigenvalue weighted by Gasteiger charge is 2.01. The molecule has 0 atom stereocenters. The van der Waals surface area contributed by atoms with Gasteiger partial charge in [-0.1, -0.05) is 12.2 Å². The van der Waals surface area contributed by atoms with Gasteiger partial charge in [-0.3, -0.25) is 5.10 Å². The average Bonchev–Trinajstić information content (AvgIpc) is 2.13. The number of H-pyrrole nitrogens is 1. The number of aromatic nitrogens is 2. The number of aromatic amines is 1. The summed E-state index contributed by atoms with van der Waals surface area (Å²) in [7, 11) is 0. The highest BCUT2D eigenvalue weighted by molar-refractivity contribution is 9.10. The Morgan fingerprint density at radius 2 is 2.56 bits per heavy atom. The molecule has 1 aromatic heterocycles. The fourth-order valence-electron chi connectivity index (χ4n) is 0.444. The summed E-state index contributed by atoms with van der Waals surface area (Å²) in [6.07, 6.45) is 1.61. The molecule has 0 amide bonds. The van der Waals surface area contributed by atoms with E-state index in [2.05, 4.69) is 38.3 Å². The predicted octanol–water partition coefficient (Wildman–Crippen LogP) is 0.806. The SMILES string of the molecule is NC(=S)c1[nH]ncc1Br. The van der Waals surface area contributed by atoms with Gasteiger partial charge >= 0.3 is 0 Å². The van der Waals surface area contributed by atoms with Gasteiger partial charge in [0, 0.05) is 0 Å². The number of halogens is 1. The van der Waals surface area contributed by atoms with Crippen LogP contribution in [0.4, 0.5) is 0 Å². The molecule has 0 aliphatic rings. The molecule has 1 rings (SSSR count). The minimum absolute atomic E-state index is 0.319. The summed E-state index contributed by atoms with van der Waals surface area (Å²) in [4.78, 5) is 0.319. The van der Waals surface area contributed by atoms with Crippen LogP contribution in [-0.2, 0) is 0 Å². The zero-order valence-electron chi connectivity index (χ0n) is 4.39. The van der Waals surface area contributed by atoms with Gasteiger partial charge in [0.25, 0.3) is 0 Å². The second-order valence-electron chi connectivity index (χ2n) is 1.46. The second kappa shape index (κ2) is 2.45. The normalized spacial score (nSPS) is 9.44. The van der Waals surface area contributed by atoms with Gasteiger partial charge in [0.2, 0.25) is 0 Å². The summed E-state index contributed by atoms with van der Waals surface area (Å²) >= 11 is 7.89. The number of hydrogen-bond acceptors (Lipinski definition) is 2. The van der Waals surface area contributed by atoms with E-state index in [1.165, 1.54) is 0 Å². The molecule has 0 aliphatic heterocycles. The molecule has 0 radical (unpaired) electrons. The molecular weight excluding hydrogens is 202 g/mol. The number of nitrogens with zero attached hydrogens (tertiary/aromatic N) is 1. The second-order valence-corrected chi connectivity index (χ2v) is 2.75. The van der Waals surface area contributed by atoms with Crippen LogP contribution in [0.5, 0.6) is 0 Å². The topological polar surface area (TPSA) is 54.7 Å². The molecule has 0 saturated heterocycles. The van der Waals surface area contributed by atoms with Gasteiger partial charge in [-0.15, -0.1) is 0 Å². The van der Waals surface area contributed by atoms with E-state index >= 15 is 0 Å². The van der Waals surface area contributed by atoms with Crippen molar-refractivity contribution in [2.24, 2.45) is 5.73 Å². The fraction of sp³-hybridized carbons (Fsp3) is 0. The molecule has 0 aromatic carbocycles. The summed E-state index contributed by atoms with van der Waals surface area (Å²) in [6.45, 7) is 0. The maximum atomic E-state index is 5.29. The summed E-state index contributed by atoms with van der Waals surface area (Å²) in [5.41, 5.74) is 5.96. The number of thiocarbonyl (C=S) groups is 1. The highest BCUT2D eigenvalue weighted by atomic mass is 79.9. The van der Waals surface area contributed by atoms with E-state index in [0.717, 1.165) is 4.47 Å². The quantitative estimate of drug-likeness (QED) is 0.668. The van der Waals surface area contributed by atoms with Crippen LogP contribution in [0.1, 0.15) is 5.69 Å². The summed E-state index contributed by atoms with van der Waals surface area (Å²) in [5.74, 6) is 0. The van der Waals surface area contributed by atoms with Crippen molar-refractivity contribution in [3.05, 3.63) is 16.4 Å². The molecule has 0 fully saturated rings. The Hall–Kier alpha value is -0.420. The predicted molar refractivity (Wildman–Crippen MR) is 42.2 cm³/mol. The smallest absolute Gasteiger partial charge is 0.123 e. The lowest BCUT2D eigenvalue weighted by atomic mass is 10.4. The van der Waals surface area contributed by atoms with Crippen molar-refractivity contribution < 1.29 is 0 Å². The molecule has 9 heavy (non-hydrogen) atoms. The first-order valence-electron chi connectivity index (χ1n) is 2.20. The van der Waals surface area contributed by atoms with Gasteiger partial charge in [0.1, 0.15) is 10.7 Å². The molecule has 3 nitrogen and oxygen atoms in total. The highest BCUT2D eigenvalue weighted by Crippen LogP contribution is 2.11. The van der Waals surface area contributed by atoms with E-state index in [4.69, 9.17) is 5.73 Å². The standard InChI is InChI=1S/C4H4BrN3S/c5-2-1-7-8-3(2)4(6)9/h1H,(H2,6,9)(H,7,8). The molecular formula is C4H4BrN3S. The molecule has 0 saturated carbocycles. The van der Waals surface area contributed by atoms with Gasteiger partial charge in [0.05, 0.1) is 10.7 Å². The molecule has 0 bridgehead atoms. The van der Waals surface area contributed by atoms with Crippen molar-refractivity contribution in [2.75, 3.05) is 0 Å². The molecule has 3 N–H and O–H groups in total. The maximum Gasteiger partial charge on any atom is 0.123 e. The summed E-state index contributed by atoms with van der Waals surface area (Å²) in [5, 5.41) is 6.35. The Morgan fingerprint density at radius 1 is 1.89 bits per heavy atom. The lowest BCUT2D eigenvalue weighted by Gasteiger charge is -1.89. The first kappa shape index (κ1) is 6.70. The number of nitrogens with two attached hydrogens (primary N) is 1. The lowest BCUT2D eigenvalue weighted by molar-refractivity contribution is 1.08. The van der Waals surface area contributed by atoms with Gasteiger partial charge in [-0.05, 0) is 15.9 Å². The van der Waals surface area contributed by atoms with Crippen LogP contribution in [0.3, 0.4) is 0 Å². The number of nitrogens with one attached hydrogen (secondary N) is 1. The molecule has 0 spiro atoms. The van der Waals surface area contributed by atoms with Crippen molar-refractivity contribution in [3.63, 3.8) is 0 Å². The van der Waals surface area contributed by atoms with Gasteiger partial charge < -0.3 is 5.73 Å². The van der Waals surface area contributed by atoms with Crippen LogP contribution < -0.4 is 5.73 Å². The Balaban J connectivity index is 3.08. The lowest BCUT2D eigenvalue weighted by Crippen LogP contribution is -2.10. The Morgan fingerprint density at radius 3 is 2.78 bits per heavy atom. The van der Waals surface area contributed by atoms with Crippen LogP contribution in [0, 0.1) is 0 Å². The van der Waals surface area contributed by atoms with E-state index in [9.17, 15) is 0 Å². The molecule has 1 aromatic rings. The fourth-order valence-corrected chi connectivity index (χ4v) is 1.14. The van der Waals surface area contributed by atoms with E-state index in [1.54, 1.807) is 6.20 Å². The third-order valence-electron chi connectivity index (χ3n) is 0.839. The average molecular weight is 206 g/mol. The summed E-state index contributed by atoms with van der Waals surface area (Å²) < 4.78 is 0.801. The largest absolute Gasteiger partial charge is 0.388 e. The molecule has 48 valence electrons. The van der Waals surface area contributed by atoms with Crippen molar-refractivity contribution in [1.82, 2.24) is 10.2 Å². The number of rotatable bonds is 1. The first-order valence-corrected chi connectivity index (χ1v) is 3.40. The van der Waals surface area contributed by atoms with Gasteiger partial charge in [-0.2, -0.15) is 5.10 Å². The van der Waals surface area contributed by atoms with Crippen molar-refractivity contribution >= 4 is 33.1 Å². The molecule has 0 aliphatic carbocycles. The third kappa shape index (κ3) is 1.28. The van der Waals surface area contributed by atoms with E-state index in [-0.39, 0.29) is 0 Å². The van der Waals surface area contributed by atoms with Crippen LogP contribution in [-0.4, -0.2) is 15.2 Å². The van der Waals surface area contributed by atoms with Crippen molar-refractivity contribution in [1.29, 1.82) is 0 Å². The van der Waals surface area contributed by atoms with Crippen LogP contribution >= 0.6 is 28.1 Å². The zero-order chi connectivity index (χ0) is 6.85.